The minimum Gasteiger partial charge on any atom is -0.495 e. The van der Waals surface area contributed by atoms with E-state index in [4.69, 9.17) is 9.47 Å². The summed E-state index contributed by atoms with van der Waals surface area (Å²) in [5, 5.41) is 3.00. The van der Waals surface area contributed by atoms with Crippen LogP contribution in [0.25, 0.3) is 0 Å². The predicted molar refractivity (Wildman–Crippen MR) is 164 cm³/mol. The van der Waals surface area contributed by atoms with Gasteiger partial charge in [-0.15, -0.1) is 0 Å². The number of ether oxygens (including phenoxy) is 2. The smallest absolute Gasteiger partial charge is 0.256 e. The Morgan fingerprint density at radius 3 is 2.20 bits per heavy atom. The van der Waals surface area contributed by atoms with Gasteiger partial charge in [0.2, 0.25) is 0 Å². The summed E-state index contributed by atoms with van der Waals surface area (Å²) in [6.45, 7) is 7.50. The van der Waals surface area contributed by atoms with Crippen LogP contribution in [0.1, 0.15) is 53.3 Å². The number of benzene rings is 3. The van der Waals surface area contributed by atoms with Crippen LogP contribution in [0.5, 0.6) is 11.5 Å². The largest absolute Gasteiger partial charge is 0.495 e. The Bertz CT molecular complexity index is 1330. The lowest BCUT2D eigenvalue weighted by Gasteiger charge is -2.38. The van der Waals surface area contributed by atoms with Crippen molar-refractivity contribution in [3.63, 3.8) is 0 Å². The third-order valence-electron chi connectivity index (χ3n) is 7.81. The van der Waals surface area contributed by atoms with Crippen molar-refractivity contribution in [2.45, 2.75) is 32.6 Å². The van der Waals surface area contributed by atoms with E-state index in [1.807, 2.05) is 53.4 Å². The van der Waals surface area contributed by atoms with E-state index >= 15 is 0 Å². The van der Waals surface area contributed by atoms with Gasteiger partial charge >= 0.3 is 0 Å². The number of hydrogen-bond donors (Lipinski definition) is 1. The summed E-state index contributed by atoms with van der Waals surface area (Å²) in [6.07, 6.45) is 4.11. The van der Waals surface area contributed by atoms with Crippen molar-refractivity contribution in [2.75, 3.05) is 68.1 Å². The van der Waals surface area contributed by atoms with Crippen LogP contribution >= 0.6 is 0 Å². The molecule has 0 saturated carbocycles. The fourth-order valence-corrected chi connectivity index (χ4v) is 5.47. The SMILES string of the molecule is CCCCOc1ccc(C(=O)Nc2ccc(N3CCN(c4ccccc4OC)CC3)c(C(=O)N3CCCC3)c2)cc1. The van der Waals surface area contributed by atoms with E-state index in [9.17, 15) is 9.59 Å². The second-order valence-corrected chi connectivity index (χ2v) is 10.6. The van der Waals surface area contributed by atoms with Crippen LogP contribution in [-0.4, -0.2) is 69.7 Å². The Kier molecular flexibility index (Phi) is 9.29. The van der Waals surface area contributed by atoms with Crippen LogP contribution in [-0.2, 0) is 0 Å². The number of piperazine rings is 1. The Morgan fingerprint density at radius 2 is 1.51 bits per heavy atom. The van der Waals surface area contributed by atoms with Crippen LogP contribution in [0.15, 0.2) is 66.7 Å². The third kappa shape index (κ3) is 6.76. The van der Waals surface area contributed by atoms with Gasteiger partial charge in [0.1, 0.15) is 11.5 Å². The monoisotopic (exact) mass is 556 g/mol. The zero-order valence-electron chi connectivity index (χ0n) is 24.1. The van der Waals surface area contributed by atoms with E-state index < -0.39 is 0 Å². The molecule has 2 heterocycles. The van der Waals surface area contributed by atoms with Crippen molar-refractivity contribution in [1.29, 1.82) is 0 Å². The first kappa shape index (κ1) is 28.3. The molecule has 0 atom stereocenters. The lowest BCUT2D eigenvalue weighted by molar-refractivity contribution is 0.0793. The van der Waals surface area contributed by atoms with E-state index in [0.717, 1.165) is 87.8 Å². The second kappa shape index (κ2) is 13.4. The number of anilines is 3. The molecule has 0 unspecified atom stereocenters. The molecule has 2 aliphatic rings. The highest BCUT2D eigenvalue weighted by Gasteiger charge is 2.27. The molecule has 1 N–H and O–H groups in total. The summed E-state index contributed by atoms with van der Waals surface area (Å²) in [7, 11) is 1.70. The lowest BCUT2D eigenvalue weighted by atomic mass is 10.1. The van der Waals surface area contributed by atoms with Gasteiger partial charge in [-0.3, -0.25) is 9.59 Å². The molecule has 2 aliphatic heterocycles. The Balaban J connectivity index is 1.31. The molecule has 0 bridgehead atoms. The van der Waals surface area contributed by atoms with Crippen LogP contribution in [0.4, 0.5) is 17.1 Å². The van der Waals surface area contributed by atoms with Gasteiger partial charge in [0.15, 0.2) is 0 Å². The van der Waals surface area contributed by atoms with Crippen molar-refractivity contribution >= 4 is 28.9 Å². The predicted octanol–water partition coefficient (Wildman–Crippen LogP) is 5.69. The van der Waals surface area contributed by atoms with Crippen LogP contribution in [0.3, 0.4) is 0 Å². The molecule has 8 heteroatoms. The van der Waals surface area contributed by atoms with Gasteiger partial charge in [-0.2, -0.15) is 0 Å². The first-order chi connectivity index (χ1) is 20.1. The first-order valence-corrected chi connectivity index (χ1v) is 14.7. The molecule has 5 rings (SSSR count). The minimum atomic E-state index is -0.220. The molecule has 0 aliphatic carbocycles. The highest BCUT2D eigenvalue weighted by molar-refractivity contribution is 6.06. The van der Waals surface area contributed by atoms with Crippen molar-refractivity contribution < 1.29 is 19.1 Å². The number of para-hydroxylation sites is 2. The lowest BCUT2D eigenvalue weighted by Crippen LogP contribution is -2.47. The highest BCUT2D eigenvalue weighted by atomic mass is 16.5. The first-order valence-electron chi connectivity index (χ1n) is 14.7. The van der Waals surface area contributed by atoms with E-state index in [1.165, 1.54) is 0 Å². The molecular weight excluding hydrogens is 516 g/mol. The minimum absolute atomic E-state index is 0.0225. The van der Waals surface area contributed by atoms with E-state index in [2.05, 4.69) is 28.1 Å². The topological polar surface area (TPSA) is 74.4 Å². The third-order valence-corrected chi connectivity index (χ3v) is 7.81. The standard InChI is InChI=1S/C33H40N4O4/c1-3-4-23-41-27-14-11-25(12-15-27)32(38)34-26-13-16-29(28(24-26)33(39)37-17-7-8-18-37)35-19-21-36(22-20-35)30-9-5-6-10-31(30)40-2/h5-6,9-16,24H,3-4,7-8,17-23H2,1-2H3,(H,34,38). The number of rotatable bonds is 10. The van der Waals surface area contributed by atoms with Gasteiger partial charge in [-0.05, 0) is 73.9 Å². The summed E-state index contributed by atoms with van der Waals surface area (Å²) in [4.78, 5) is 33.3. The van der Waals surface area contributed by atoms with Crippen molar-refractivity contribution in [2.24, 2.45) is 0 Å². The average Bonchev–Trinajstić information content (AvgIpc) is 3.56. The summed E-state index contributed by atoms with van der Waals surface area (Å²) in [5.41, 5.74) is 3.78. The molecule has 3 aromatic rings. The normalized spacial score (nSPS) is 15.1. The second-order valence-electron chi connectivity index (χ2n) is 10.6. The molecular formula is C33H40N4O4. The molecule has 8 nitrogen and oxygen atoms in total. The molecule has 216 valence electrons. The average molecular weight is 557 g/mol. The molecule has 41 heavy (non-hydrogen) atoms. The van der Waals surface area contributed by atoms with Gasteiger partial charge in [-0.1, -0.05) is 25.5 Å². The van der Waals surface area contributed by atoms with Crippen LogP contribution in [0.2, 0.25) is 0 Å². The van der Waals surface area contributed by atoms with Crippen molar-refractivity contribution in [1.82, 2.24) is 4.90 Å². The van der Waals surface area contributed by atoms with E-state index in [1.54, 1.807) is 19.2 Å². The van der Waals surface area contributed by atoms with Crippen LogP contribution < -0.4 is 24.6 Å². The summed E-state index contributed by atoms with van der Waals surface area (Å²) < 4.78 is 11.3. The molecule has 2 amide bonds. The Labute approximate surface area is 242 Å². The van der Waals surface area contributed by atoms with Crippen molar-refractivity contribution in [3.8, 4) is 11.5 Å². The van der Waals surface area contributed by atoms with E-state index in [0.29, 0.717) is 23.4 Å². The zero-order valence-corrected chi connectivity index (χ0v) is 24.1. The van der Waals surface area contributed by atoms with Gasteiger partial charge in [0, 0.05) is 56.2 Å². The van der Waals surface area contributed by atoms with Gasteiger partial charge in [0.05, 0.1) is 25.0 Å². The number of likely N-dealkylation sites (tertiary alicyclic amines) is 1. The zero-order chi connectivity index (χ0) is 28.6. The number of amides is 2. The Hall–Kier alpha value is -4.20. The number of carbonyl (C=O) groups excluding carboxylic acids is 2. The van der Waals surface area contributed by atoms with Crippen LogP contribution in [0, 0.1) is 0 Å². The van der Waals surface area contributed by atoms with Gasteiger partial charge in [-0.25, -0.2) is 0 Å². The number of nitrogens with one attached hydrogen (secondary N) is 1. The number of methoxy groups -OCH3 is 1. The van der Waals surface area contributed by atoms with Gasteiger partial charge in [0.25, 0.3) is 11.8 Å². The quantitative estimate of drug-likeness (QED) is 0.324. The maximum atomic E-state index is 13.7. The fraction of sp³-hybridized carbons (Fsp3) is 0.394. The summed E-state index contributed by atoms with van der Waals surface area (Å²) in [5.74, 6) is 1.42. The van der Waals surface area contributed by atoms with Gasteiger partial charge < -0.3 is 29.5 Å². The summed E-state index contributed by atoms with van der Waals surface area (Å²) >= 11 is 0. The number of nitrogens with zero attached hydrogens (tertiary/aromatic N) is 3. The maximum absolute atomic E-state index is 13.7. The number of carbonyl (C=O) groups is 2. The molecule has 0 radical (unpaired) electrons. The molecule has 0 spiro atoms. The highest BCUT2D eigenvalue weighted by Crippen LogP contribution is 2.32. The van der Waals surface area contributed by atoms with Crippen molar-refractivity contribution in [3.05, 3.63) is 77.9 Å². The number of unbranched alkanes of at least 4 members (excludes halogenated alkanes) is 1. The molecule has 3 aromatic carbocycles. The molecule has 2 fully saturated rings. The maximum Gasteiger partial charge on any atom is 0.256 e. The van der Waals surface area contributed by atoms with E-state index in [-0.39, 0.29) is 11.8 Å². The molecule has 0 aromatic heterocycles. The molecule has 2 saturated heterocycles. The Morgan fingerprint density at radius 1 is 0.829 bits per heavy atom. The summed E-state index contributed by atoms with van der Waals surface area (Å²) in [6, 6.07) is 21.0. The fourth-order valence-electron chi connectivity index (χ4n) is 5.47. The number of hydrogen-bond acceptors (Lipinski definition) is 6.